The highest BCUT2D eigenvalue weighted by molar-refractivity contribution is 5.92. The van der Waals surface area contributed by atoms with Crippen LogP contribution in [0.2, 0.25) is 0 Å². The number of phenols is 1. The molecule has 1 aliphatic rings. The average molecular weight is 476 g/mol. The fourth-order valence-electron chi connectivity index (χ4n) is 4.47. The van der Waals surface area contributed by atoms with Gasteiger partial charge in [-0.1, -0.05) is 42.5 Å². The maximum atomic E-state index is 12.6. The topological polar surface area (TPSA) is 94.1 Å². The molecule has 3 aromatic carbocycles. The number of hydrogen-bond donors (Lipinski definition) is 4. The first-order chi connectivity index (χ1) is 17.1. The molecule has 0 radical (unpaired) electrons. The molecule has 0 saturated carbocycles. The van der Waals surface area contributed by atoms with Gasteiger partial charge in [-0.25, -0.2) is 0 Å². The summed E-state index contributed by atoms with van der Waals surface area (Å²) in [7, 11) is 1.63. The van der Waals surface area contributed by atoms with Crippen molar-refractivity contribution < 1.29 is 19.7 Å². The van der Waals surface area contributed by atoms with E-state index in [1.54, 1.807) is 13.2 Å². The van der Waals surface area contributed by atoms with Crippen molar-refractivity contribution in [2.24, 2.45) is 0 Å². The van der Waals surface area contributed by atoms with Crippen LogP contribution >= 0.6 is 0 Å². The van der Waals surface area contributed by atoms with Crippen LogP contribution in [0.3, 0.4) is 0 Å². The van der Waals surface area contributed by atoms with E-state index in [9.17, 15) is 15.0 Å². The van der Waals surface area contributed by atoms with Crippen LogP contribution in [0.4, 0.5) is 11.4 Å². The van der Waals surface area contributed by atoms with Gasteiger partial charge in [-0.15, -0.1) is 0 Å². The molecule has 7 heteroatoms. The van der Waals surface area contributed by atoms with Crippen molar-refractivity contribution in [3.05, 3.63) is 83.4 Å². The molecule has 0 aromatic heterocycles. The Bertz CT molecular complexity index is 1100. The number of ether oxygens (including phenoxy) is 1. The normalized spacial score (nSPS) is 14.5. The summed E-state index contributed by atoms with van der Waals surface area (Å²) in [5.41, 5.74) is 4.37. The van der Waals surface area contributed by atoms with Gasteiger partial charge in [0.15, 0.2) is 0 Å². The lowest BCUT2D eigenvalue weighted by Crippen LogP contribution is -2.42. The van der Waals surface area contributed by atoms with E-state index in [1.165, 1.54) is 0 Å². The monoisotopic (exact) mass is 475 g/mol. The van der Waals surface area contributed by atoms with Gasteiger partial charge in [0.25, 0.3) is 0 Å². The predicted molar refractivity (Wildman–Crippen MR) is 138 cm³/mol. The molecule has 1 fully saturated rings. The number of anilines is 2. The molecule has 4 N–H and O–H groups in total. The Morgan fingerprint density at radius 1 is 1.00 bits per heavy atom. The number of para-hydroxylation sites is 2. The highest BCUT2D eigenvalue weighted by atomic mass is 16.5. The molecule has 0 atom stereocenters. The maximum Gasteiger partial charge on any atom is 0.238 e. The van der Waals surface area contributed by atoms with Crippen LogP contribution in [-0.2, 0) is 17.8 Å². The standard InChI is InChI=1S/C28H33N3O4/c1-35-26-8-4-6-22(19-32)28(26)30-24-13-15-31(16-14-24)18-27(34)29-23-11-9-20(10-12-23)17-21-5-2-3-7-25(21)33/h2-12,24,30,32-33H,13-19H2,1H3,(H,29,34). The van der Waals surface area contributed by atoms with Gasteiger partial charge >= 0.3 is 0 Å². The van der Waals surface area contributed by atoms with Crippen molar-refractivity contribution in [3.63, 3.8) is 0 Å². The van der Waals surface area contributed by atoms with E-state index in [0.29, 0.717) is 18.7 Å². The number of nitrogens with one attached hydrogen (secondary N) is 2. The van der Waals surface area contributed by atoms with Crippen molar-refractivity contribution in [1.29, 1.82) is 0 Å². The third kappa shape index (κ3) is 6.53. The Labute approximate surface area is 206 Å². The van der Waals surface area contributed by atoms with Crippen LogP contribution < -0.4 is 15.4 Å². The number of phenolic OH excluding ortho intramolecular Hbond substituents is 1. The van der Waals surface area contributed by atoms with Crippen molar-refractivity contribution in [2.45, 2.75) is 31.9 Å². The van der Waals surface area contributed by atoms with Crippen molar-refractivity contribution in [3.8, 4) is 11.5 Å². The molecule has 3 aromatic rings. The van der Waals surface area contributed by atoms with E-state index < -0.39 is 0 Å². The molecule has 0 aliphatic carbocycles. The minimum Gasteiger partial charge on any atom is -0.508 e. The first-order valence-electron chi connectivity index (χ1n) is 12.0. The number of likely N-dealkylation sites (tertiary alicyclic amines) is 1. The summed E-state index contributed by atoms with van der Waals surface area (Å²) in [4.78, 5) is 14.8. The van der Waals surface area contributed by atoms with Gasteiger partial charge in [0.05, 0.1) is 25.9 Å². The van der Waals surface area contributed by atoms with Crippen LogP contribution in [0.25, 0.3) is 0 Å². The number of aliphatic hydroxyl groups excluding tert-OH is 1. The average Bonchev–Trinajstić information content (AvgIpc) is 2.88. The van der Waals surface area contributed by atoms with Crippen molar-refractivity contribution >= 4 is 17.3 Å². The van der Waals surface area contributed by atoms with Crippen LogP contribution in [0.1, 0.15) is 29.5 Å². The summed E-state index contributed by atoms with van der Waals surface area (Å²) in [6.07, 6.45) is 2.44. The Morgan fingerprint density at radius 2 is 1.71 bits per heavy atom. The zero-order valence-electron chi connectivity index (χ0n) is 20.0. The van der Waals surface area contributed by atoms with E-state index >= 15 is 0 Å². The number of rotatable bonds is 9. The fourth-order valence-corrected chi connectivity index (χ4v) is 4.47. The molecule has 1 aliphatic heterocycles. The molecule has 0 unspecified atom stereocenters. The molecule has 0 spiro atoms. The molecule has 0 bridgehead atoms. The van der Waals surface area contributed by atoms with Gasteiger partial charge < -0.3 is 25.6 Å². The number of piperidine rings is 1. The number of amides is 1. The highest BCUT2D eigenvalue weighted by Gasteiger charge is 2.22. The van der Waals surface area contributed by atoms with Crippen LogP contribution in [0.15, 0.2) is 66.7 Å². The minimum absolute atomic E-state index is 0.0304. The summed E-state index contributed by atoms with van der Waals surface area (Å²) in [6, 6.07) is 21.0. The first kappa shape index (κ1) is 24.6. The lowest BCUT2D eigenvalue weighted by atomic mass is 10.0. The van der Waals surface area contributed by atoms with Gasteiger partial charge in [0.1, 0.15) is 11.5 Å². The second kappa shape index (κ2) is 11.7. The molecular formula is C28H33N3O4. The Balaban J connectivity index is 1.24. The predicted octanol–water partition coefficient (Wildman–Crippen LogP) is 4.00. The van der Waals surface area contributed by atoms with Gasteiger partial charge in [-0.05, 0) is 48.2 Å². The van der Waals surface area contributed by atoms with E-state index in [2.05, 4.69) is 15.5 Å². The third-order valence-corrected chi connectivity index (χ3v) is 6.43. The van der Waals surface area contributed by atoms with E-state index in [0.717, 1.165) is 59.7 Å². The van der Waals surface area contributed by atoms with Crippen LogP contribution in [-0.4, -0.2) is 53.8 Å². The Kier molecular flexibility index (Phi) is 8.23. The molecule has 4 rings (SSSR count). The van der Waals surface area contributed by atoms with E-state index in [1.807, 2.05) is 60.7 Å². The van der Waals surface area contributed by atoms with Gasteiger partial charge in [-0.3, -0.25) is 9.69 Å². The largest absolute Gasteiger partial charge is 0.508 e. The zero-order valence-corrected chi connectivity index (χ0v) is 20.0. The fraction of sp³-hybridized carbons (Fsp3) is 0.321. The molecule has 7 nitrogen and oxygen atoms in total. The lowest BCUT2D eigenvalue weighted by Gasteiger charge is -2.33. The quantitative estimate of drug-likeness (QED) is 0.374. The number of hydrogen-bond acceptors (Lipinski definition) is 6. The molecule has 1 heterocycles. The zero-order chi connectivity index (χ0) is 24.6. The van der Waals surface area contributed by atoms with Gasteiger partial charge in [0.2, 0.25) is 5.91 Å². The minimum atomic E-state index is -0.0474. The summed E-state index contributed by atoms with van der Waals surface area (Å²) >= 11 is 0. The highest BCUT2D eigenvalue weighted by Crippen LogP contribution is 2.30. The second-order valence-corrected chi connectivity index (χ2v) is 8.90. The number of aliphatic hydroxyl groups is 1. The first-order valence-corrected chi connectivity index (χ1v) is 12.0. The number of methoxy groups -OCH3 is 1. The number of carbonyl (C=O) groups excluding carboxylic acids is 1. The second-order valence-electron chi connectivity index (χ2n) is 8.90. The smallest absolute Gasteiger partial charge is 0.238 e. The third-order valence-electron chi connectivity index (χ3n) is 6.43. The number of nitrogens with zero attached hydrogens (tertiary/aromatic N) is 1. The summed E-state index contributed by atoms with van der Waals surface area (Å²) in [5, 5.41) is 26.1. The van der Waals surface area contributed by atoms with Crippen LogP contribution in [0, 0.1) is 0 Å². The summed E-state index contributed by atoms with van der Waals surface area (Å²) in [5.74, 6) is 0.989. The molecule has 1 amide bonds. The number of benzene rings is 3. The SMILES string of the molecule is COc1cccc(CO)c1NC1CCN(CC(=O)Nc2ccc(Cc3ccccc3O)cc2)CC1. The summed E-state index contributed by atoms with van der Waals surface area (Å²) in [6.45, 7) is 1.93. The summed E-state index contributed by atoms with van der Waals surface area (Å²) < 4.78 is 5.45. The maximum absolute atomic E-state index is 12.6. The Morgan fingerprint density at radius 3 is 2.40 bits per heavy atom. The Hall–Kier alpha value is -3.55. The molecule has 1 saturated heterocycles. The number of carbonyl (C=O) groups is 1. The molecular weight excluding hydrogens is 442 g/mol. The van der Waals surface area contributed by atoms with Gasteiger partial charge in [-0.2, -0.15) is 0 Å². The van der Waals surface area contributed by atoms with E-state index in [4.69, 9.17) is 4.74 Å². The molecule has 35 heavy (non-hydrogen) atoms. The van der Waals surface area contributed by atoms with Crippen LogP contribution in [0.5, 0.6) is 11.5 Å². The van der Waals surface area contributed by atoms with Gasteiger partial charge in [0, 0.05) is 36.8 Å². The van der Waals surface area contributed by atoms with Crippen molar-refractivity contribution in [2.75, 3.05) is 37.4 Å². The van der Waals surface area contributed by atoms with Crippen molar-refractivity contribution in [1.82, 2.24) is 4.90 Å². The lowest BCUT2D eigenvalue weighted by molar-refractivity contribution is -0.117. The molecule has 184 valence electrons. The number of aromatic hydroxyl groups is 1. The van der Waals surface area contributed by atoms with E-state index in [-0.39, 0.29) is 18.6 Å².